The first-order valence-electron chi connectivity index (χ1n) is 11.5. The Kier molecular flexibility index (Phi) is 6.44. The van der Waals surface area contributed by atoms with Crippen LogP contribution in [0.2, 0.25) is 0 Å². The van der Waals surface area contributed by atoms with Crippen molar-refractivity contribution in [1.82, 2.24) is 29.8 Å². The van der Waals surface area contributed by atoms with Gasteiger partial charge in [-0.05, 0) is 37.3 Å². The summed E-state index contributed by atoms with van der Waals surface area (Å²) < 4.78 is 28.1. The molecule has 2 aromatic carbocycles. The van der Waals surface area contributed by atoms with Crippen LogP contribution in [0.5, 0.6) is 5.75 Å². The number of para-hydroxylation sites is 1. The second-order valence-electron chi connectivity index (χ2n) is 7.99. The number of halogens is 1. The monoisotopic (exact) mass is 516 g/mol. The van der Waals surface area contributed by atoms with Crippen LogP contribution in [0.4, 0.5) is 4.39 Å². The van der Waals surface area contributed by atoms with E-state index in [9.17, 15) is 14.4 Å². The normalized spacial score (nSPS) is 10.9. The number of rotatable bonds is 7. The van der Waals surface area contributed by atoms with E-state index in [1.54, 1.807) is 17.7 Å². The van der Waals surface area contributed by atoms with Crippen molar-refractivity contribution in [2.24, 2.45) is 0 Å². The van der Waals surface area contributed by atoms with Crippen LogP contribution in [-0.4, -0.2) is 49.4 Å². The number of carbonyl (C=O) groups excluding carboxylic acids is 1. The molecule has 0 aliphatic carbocycles. The molecule has 0 unspecified atom stereocenters. The van der Waals surface area contributed by atoms with Gasteiger partial charge in [0, 0.05) is 17.8 Å². The van der Waals surface area contributed by atoms with E-state index >= 15 is 4.39 Å². The lowest BCUT2D eigenvalue weighted by atomic mass is 10.1. The topological polar surface area (TPSA) is 137 Å². The quantitative estimate of drug-likeness (QED) is 0.317. The van der Waals surface area contributed by atoms with E-state index in [4.69, 9.17) is 9.47 Å². The van der Waals surface area contributed by atoms with Gasteiger partial charge in [-0.25, -0.2) is 18.5 Å². The number of hydrogen-bond acceptors (Lipinski definition) is 7. The Morgan fingerprint density at radius 2 is 1.87 bits per heavy atom. The van der Waals surface area contributed by atoms with Crippen LogP contribution in [0.15, 0.2) is 76.6 Å². The molecule has 11 nitrogen and oxygen atoms in total. The summed E-state index contributed by atoms with van der Waals surface area (Å²) >= 11 is 0. The van der Waals surface area contributed by atoms with E-state index in [0.29, 0.717) is 5.69 Å². The molecule has 5 aromatic rings. The van der Waals surface area contributed by atoms with Gasteiger partial charge in [-0.15, -0.1) is 0 Å². The maximum Gasteiger partial charge on any atom is 0.345 e. The Morgan fingerprint density at radius 1 is 1.08 bits per heavy atom. The van der Waals surface area contributed by atoms with E-state index in [-0.39, 0.29) is 40.6 Å². The molecule has 0 spiro atoms. The molecular weight excluding hydrogens is 495 g/mol. The van der Waals surface area contributed by atoms with Gasteiger partial charge in [-0.2, -0.15) is 10.2 Å². The second kappa shape index (κ2) is 10.0. The maximum absolute atomic E-state index is 15.3. The lowest BCUT2D eigenvalue weighted by Crippen LogP contribution is -2.21. The lowest BCUT2D eigenvalue weighted by molar-refractivity contribution is 0.0525. The van der Waals surface area contributed by atoms with Gasteiger partial charge in [-0.3, -0.25) is 19.8 Å². The average Bonchev–Trinajstić information content (AvgIpc) is 3.56. The third kappa shape index (κ3) is 4.17. The second-order valence-corrected chi connectivity index (χ2v) is 7.99. The first-order valence-corrected chi connectivity index (χ1v) is 11.5. The number of hydrogen-bond donors (Lipinski definition) is 2. The Bertz CT molecular complexity index is 1750. The summed E-state index contributed by atoms with van der Waals surface area (Å²) in [4.78, 5) is 37.9. The molecule has 0 amide bonds. The molecule has 12 heteroatoms. The van der Waals surface area contributed by atoms with Crippen molar-refractivity contribution in [2.75, 3.05) is 13.7 Å². The highest BCUT2D eigenvalue weighted by Crippen LogP contribution is 2.30. The summed E-state index contributed by atoms with van der Waals surface area (Å²) in [6.07, 6.45) is 2.73. The highest BCUT2D eigenvalue weighted by atomic mass is 19.1. The van der Waals surface area contributed by atoms with Crippen LogP contribution in [0.3, 0.4) is 0 Å². The molecule has 3 aromatic heterocycles. The van der Waals surface area contributed by atoms with Gasteiger partial charge in [0.15, 0.2) is 11.4 Å². The van der Waals surface area contributed by atoms with Gasteiger partial charge in [0.05, 0.1) is 37.0 Å². The molecule has 0 radical (unpaired) electrons. The summed E-state index contributed by atoms with van der Waals surface area (Å²) in [5, 5.41) is 13.9. The van der Waals surface area contributed by atoms with Crippen LogP contribution in [0.25, 0.3) is 34.0 Å². The average molecular weight is 516 g/mol. The number of aromatic nitrogens is 6. The zero-order valence-corrected chi connectivity index (χ0v) is 20.3. The Labute approximate surface area is 214 Å². The molecule has 0 saturated heterocycles. The van der Waals surface area contributed by atoms with E-state index in [2.05, 4.69) is 20.4 Å². The van der Waals surface area contributed by atoms with Gasteiger partial charge >= 0.3 is 5.97 Å². The summed E-state index contributed by atoms with van der Waals surface area (Å²) in [7, 11) is 1.30. The van der Waals surface area contributed by atoms with Crippen molar-refractivity contribution in [3.05, 3.63) is 98.9 Å². The molecular formula is C26H21FN6O5. The van der Waals surface area contributed by atoms with Crippen molar-refractivity contribution < 1.29 is 18.7 Å². The SMILES string of the molecule is CCOC(=O)c1c[nH]n(-c2ccc(-c3[nH]nc(-c4ccnn4-c4ccccc4)c(=O)c3OC)c(F)c2)c1=O. The third-order valence-corrected chi connectivity index (χ3v) is 5.77. The minimum absolute atomic E-state index is 0.0106. The molecule has 38 heavy (non-hydrogen) atoms. The molecule has 0 bridgehead atoms. The predicted octanol–water partition coefficient (Wildman–Crippen LogP) is 3.09. The number of H-pyrrole nitrogens is 2. The first-order chi connectivity index (χ1) is 18.4. The fourth-order valence-corrected chi connectivity index (χ4v) is 4.01. The van der Waals surface area contributed by atoms with Crippen LogP contribution >= 0.6 is 0 Å². The van der Waals surface area contributed by atoms with Crippen molar-refractivity contribution >= 4 is 5.97 Å². The lowest BCUT2D eigenvalue weighted by Gasteiger charge is -2.12. The number of ether oxygens (including phenoxy) is 2. The molecule has 5 rings (SSSR count). The molecule has 0 aliphatic rings. The van der Waals surface area contributed by atoms with Gasteiger partial charge in [0.25, 0.3) is 11.0 Å². The van der Waals surface area contributed by atoms with Gasteiger partial charge < -0.3 is 9.47 Å². The minimum atomic E-state index is -0.785. The van der Waals surface area contributed by atoms with Gasteiger partial charge in [0.2, 0.25) is 0 Å². The summed E-state index contributed by atoms with van der Waals surface area (Å²) in [6.45, 7) is 1.73. The molecule has 0 atom stereocenters. The predicted molar refractivity (Wildman–Crippen MR) is 135 cm³/mol. The molecule has 3 heterocycles. The number of nitrogens with one attached hydrogen (secondary N) is 2. The molecule has 2 N–H and O–H groups in total. The van der Waals surface area contributed by atoms with E-state index < -0.39 is 22.8 Å². The standard InChI is InChI=1S/C26H21FN6O5/c1-3-38-26(36)18-14-29-33(25(18)35)16-9-10-17(19(27)13-16)21-24(37-2)23(34)22(31-30-21)20-11-12-28-32(20)15-7-5-4-6-8-15/h4-14,29H,3H2,1-2H3,(H,30,34). The van der Waals surface area contributed by atoms with E-state index in [0.717, 1.165) is 16.4 Å². The van der Waals surface area contributed by atoms with Crippen LogP contribution in [-0.2, 0) is 4.74 Å². The van der Waals surface area contributed by atoms with Crippen LogP contribution in [0.1, 0.15) is 17.3 Å². The van der Waals surface area contributed by atoms with Crippen LogP contribution < -0.4 is 15.7 Å². The zero-order chi connectivity index (χ0) is 26.8. The summed E-state index contributed by atoms with van der Waals surface area (Å²) in [5.41, 5.74) is -0.157. The first kappa shape index (κ1) is 24.4. The van der Waals surface area contributed by atoms with Crippen molar-refractivity contribution in [2.45, 2.75) is 6.92 Å². The number of aromatic amines is 2. The molecule has 0 saturated carbocycles. The molecule has 192 valence electrons. The van der Waals surface area contributed by atoms with Crippen LogP contribution in [0, 0.1) is 5.82 Å². The van der Waals surface area contributed by atoms with E-state index in [1.165, 1.54) is 31.6 Å². The Balaban J connectivity index is 1.54. The minimum Gasteiger partial charge on any atom is -0.491 e. The number of carbonyl (C=O) groups is 1. The molecule has 0 fully saturated rings. The number of esters is 1. The van der Waals surface area contributed by atoms with Crippen molar-refractivity contribution in [1.29, 1.82) is 0 Å². The number of nitrogens with zero attached hydrogens (tertiary/aromatic N) is 4. The zero-order valence-electron chi connectivity index (χ0n) is 20.3. The number of benzene rings is 2. The fraction of sp³-hybridized carbons (Fsp3) is 0.115. The van der Waals surface area contributed by atoms with E-state index in [1.807, 2.05) is 30.3 Å². The summed E-state index contributed by atoms with van der Waals surface area (Å²) in [6, 6.07) is 14.7. The molecule has 0 aliphatic heterocycles. The summed E-state index contributed by atoms with van der Waals surface area (Å²) in [5.74, 6) is -1.70. The fourth-order valence-electron chi connectivity index (χ4n) is 4.01. The number of methoxy groups -OCH3 is 1. The van der Waals surface area contributed by atoms with Gasteiger partial charge in [0.1, 0.15) is 17.1 Å². The van der Waals surface area contributed by atoms with Crippen molar-refractivity contribution in [3.63, 3.8) is 0 Å². The Morgan fingerprint density at radius 3 is 2.58 bits per heavy atom. The van der Waals surface area contributed by atoms with Crippen molar-refractivity contribution in [3.8, 4) is 39.8 Å². The Hall–Kier alpha value is -5.26. The third-order valence-electron chi connectivity index (χ3n) is 5.77. The smallest absolute Gasteiger partial charge is 0.345 e. The highest BCUT2D eigenvalue weighted by molar-refractivity contribution is 5.88. The highest BCUT2D eigenvalue weighted by Gasteiger charge is 2.22. The van der Waals surface area contributed by atoms with Gasteiger partial charge in [-0.1, -0.05) is 18.2 Å². The largest absolute Gasteiger partial charge is 0.491 e. The maximum atomic E-state index is 15.3.